The van der Waals surface area contributed by atoms with Crippen molar-refractivity contribution in [3.63, 3.8) is 0 Å². The Morgan fingerprint density at radius 3 is 2.66 bits per heavy atom. The third-order valence-electron chi connectivity index (χ3n) is 5.98. The smallest absolute Gasteiger partial charge is 0.238 e. The molecule has 1 aliphatic heterocycles. The minimum Gasteiger partial charge on any atom is -0.490 e. The zero-order valence-corrected chi connectivity index (χ0v) is 16.7. The maximum atomic E-state index is 12.7. The summed E-state index contributed by atoms with van der Waals surface area (Å²) < 4.78 is 6.04. The summed E-state index contributed by atoms with van der Waals surface area (Å²) >= 11 is 0. The largest absolute Gasteiger partial charge is 0.490 e. The van der Waals surface area contributed by atoms with Crippen LogP contribution in [0.5, 0.6) is 5.75 Å². The van der Waals surface area contributed by atoms with E-state index in [2.05, 4.69) is 30.3 Å². The van der Waals surface area contributed by atoms with Gasteiger partial charge < -0.3 is 15.0 Å². The second kappa shape index (κ2) is 8.99. The molecule has 3 rings (SSSR count). The van der Waals surface area contributed by atoms with Gasteiger partial charge in [0.2, 0.25) is 5.91 Å². The molecule has 1 aliphatic carbocycles. The molecule has 1 saturated heterocycles. The van der Waals surface area contributed by atoms with Crippen molar-refractivity contribution >= 4 is 5.91 Å². The zero-order valence-electron chi connectivity index (χ0n) is 16.7. The highest BCUT2D eigenvalue weighted by atomic mass is 16.5. The van der Waals surface area contributed by atoms with Crippen LogP contribution in [0.1, 0.15) is 51.0 Å². The number of rotatable bonds is 5. The Labute approximate surface area is 172 Å². The van der Waals surface area contributed by atoms with Gasteiger partial charge in [-0.15, -0.1) is 6.42 Å². The lowest BCUT2D eigenvalue weighted by atomic mass is 9.81. The third-order valence-corrected chi connectivity index (χ3v) is 5.98. The number of benzene rings is 1. The van der Waals surface area contributed by atoms with Crippen LogP contribution in [-0.4, -0.2) is 41.1 Å². The molecule has 6 nitrogen and oxygen atoms in total. The lowest BCUT2D eigenvalue weighted by Gasteiger charge is -2.38. The first-order valence-corrected chi connectivity index (χ1v) is 10.1. The topological polar surface area (TPSA) is 89.2 Å². The van der Waals surface area contributed by atoms with E-state index in [4.69, 9.17) is 16.4 Å². The van der Waals surface area contributed by atoms with E-state index < -0.39 is 6.04 Å². The van der Waals surface area contributed by atoms with Gasteiger partial charge in [0, 0.05) is 5.54 Å². The van der Waals surface area contributed by atoms with Crippen LogP contribution in [0, 0.1) is 35.0 Å². The molecule has 0 unspecified atom stereocenters. The SMILES string of the molecule is C#C[C@H]1CC[C@@H](C#N)N1C(=O)CN[C@]1(C)CC[C@@H](Oc2cccc(C#N)c2)CC1. The molecule has 1 N–H and O–H groups in total. The average molecular weight is 390 g/mol. The Morgan fingerprint density at radius 2 is 2.00 bits per heavy atom. The van der Waals surface area contributed by atoms with Gasteiger partial charge in [-0.3, -0.25) is 4.79 Å². The standard InChI is InChI=1S/C23H26N4O2/c1-3-18-7-8-19(15-25)27(18)22(28)16-26-23(2)11-9-20(10-12-23)29-21-6-4-5-17(13-21)14-24/h1,4-6,13,18-20,26H,7-12,16H2,2H3/t18-,19-,20-,23-/m0/s1. The van der Waals surface area contributed by atoms with Gasteiger partial charge in [-0.1, -0.05) is 12.0 Å². The highest BCUT2D eigenvalue weighted by molar-refractivity contribution is 5.80. The van der Waals surface area contributed by atoms with Crippen LogP contribution in [0.4, 0.5) is 0 Å². The van der Waals surface area contributed by atoms with Gasteiger partial charge in [-0.05, 0) is 63.6 Å². The van der Waals surface area contributed by atoms with Crippen molar-refractivity contribution in [2.75, 3.05) is 6.54 Å². The van der Waals surface area contributed by atoms with E-state index in [1.54, 1.807) is 17.0 Å². The number of amides is 1. The fourth-order valence-electron chi connectivity index (χ4n) is 4.18. The van der Waals surface area contributed by atoms with E-state index in [1.807, 2.05) is 12.1 Å². The molecule has 0 radical (unpaired) electrons. The van der Waals surface area contributed by atoms with Gasteiger partial charge in [-0.2, -0.15) is 10.5 Å². The quantitative estimate of drug-likeness (QED) is 0.781. The highest BCUT2D eigenvalue weighted by Gasteiger charge is 2.37. The Morgan fingerprint density at radius 1 is 1.28 bits per heavy atom. The Balaban J connectivity index is 1.50. The van der Waals surface area contributed by atoms with E-state index in [9.17, 15) is 10.1 Å². The number of carbonyl (C=O) groups is 1. The molecule has 1 amide bonds. The van der Waals surface area contributed by atoms with E-state index in [-0.39, 0.29) is 30.1 Å². The number of terminal acetylenes is 1. The minimum absolute atomic E-state index is 0.0990. The van der Waals surface area contributed by atoms with E-state index in [0.717, 1.165) is 31.4 Å². The number of nitrogens with one attached hydrogen (secondary N) is 1. The molecule has 1 heterocycles. The van der Waals surface area contributed by atoms with Crippen LogP contribution < -0.4 is 10.1 Å². The van der Waals surface area contributed by atoms with E-state index in [0.29, 0.717) is 18.4 Å². The van der Waals surface area contributed by atoms with Crippen molar-refractivity contribution in [2.45, 2.75) is 69.2 Å². The minimum atomic E-state index is -0.425. The number of ether oxygens (including phenoxy) is 1. The fraction of sp³-hybridized carbons (Fsp3) is 0.522. The summed E-state index contributed by atoms with van der Waals surface area (Å²) in [6.07, 6.45) is 10.4. The molecular formula is C23H26N4O2. The maximum absolute atomic E-state index is 12.7. The summed E-state index contributed by atoms with van der Waals surface area (Å²) in [5, 5.41) is 21.7. The first-order chi connectivity index (χ1) is 14.0. The Hall–Kier alpha value is -3.01. The van der Waals surface area contributed by atoms with Crippen molar-refractivity contribution < 1.29 is 9.53 Å². The summed E-state index contributed by atoms with van der Waals surface area (Å²) in [6.45, 7) is 2.31. The molecule has 0 spiro atoms. The predicted molar refractivity (Wildman–Crippen MR) is 109 cm³/mol. The monoisotopic (exact) mass is 390 g/mol. The molecule has 0 aromatic heterocycles. The van der Waals surface area contributed by atoms with Crippen molar-refractivity contribution in [3.8, 4) is 30.2 Å². The Kier molecular flexibility index (Phi) is 6.42. The normalized spacial score (nSPS) is 28.8. The summed E-state index contributed by atoms with van der Waals surface area (Å²) in [4.78, 5) is 14.3. The molecule has 2 fully saturated rings. The molecule has 1 saturated carbocycles. The molecule has 0 bridgehead atoms. The molecule has 2 aliphatic rings. The lowest BCUT2D eigenvalue weighted by Crippen LogP contribution is -2.52. The van der Waals surface area contributed by atoms with Crippen LogP contribution in [0.15, 0.2) is 24.3 Å². The highest BCUT2D eigenvalue weighted by Crippen LogP contribution is 2.31. The predicted octanol–water partition coefficient (Wildman–Crippen LogP) is 2.74. The van der Waals surface area contributed by atoms with Gasteiger partial charge in [-0.25, -0.2) is 0 Å². The van der Waals surface area contributed by atoms with E-state index in [1.165, 1.54) is 0 Å². The summed E-state index contributed by atoms with van der Waals surface area (Å²) in [6, 6.07) is 10.8. The van der Waals surface area contributed by atoms with Crippen LogP contribution in [0.25, 0.3) is 0 Å². The summed E-state index contributed by atoms with van der Waals surface area (Å²) in [7, 11) is 0. The molecule has 1 aromatic carbocycles. The van der Waals surface area contributed by atoms with Crippen molar-refractivity contribution in [1.29, 1.82) is 10.5 Å². The van der Waals surface area contributed by atoms with Crippen LogP contribution in [-0.2, 0) is 4.79 Å². The first kappa shape index (κ1) is 20.7. The molecule has 29 heavy (non-hydrogen) atoms. The second-order valence-corrected chi connectivity index (χ2v) is 8.08. The zero-order chi connectivity index (χ0) is 20.9. The molecule has 150 valence electrons. The number of carbonyl (C=O) groups excluding carboxylic acids is 1. The Bertz CT molecular complexity index is 846. The fourth-order valence-corrected chi connectivity index (χ4v) is 4.18. The van der Waals surface area contributed by atoms with Crippen LogP contribution >= 0.6 is 0 Å². The summed E-state index contributed by atoms with van der Waals surface area (Å²) in [5.41, 5.74) is 0.434. The van der Waals surface area contributed by atoms with Gasteiger partial charge in [0.05, 0.1) is 36.4 Å². The van der Waals surface area contributed by atoms with Gasteiger partial charge in [0.1, 0.15) is 11.8 Å². The average Bonchev–Trinajstić information content (AvgIpc) is 3.17. The number of hydrogen-bond acceptors (Lipinski definition) is 5. The molecule has 2 atom stereocenters. The molecule has 6 heteroatoms. The van der Waals surface area contributed by atoms with Crippen molar-refractivity contribution in [3.05, 3.63) is 29.8 Å². The second-order valence-electron chi connectivity index (χ2n) is 8.08. The lowest BCUT2D eigenvalue weighted by molar-refractivity contribution is -0.131. The molecule has 1 aromatic rings. The maximum Gasteiger partial charge on any atom is 0.238 e. The van der Waals surface area contributed by atoms with Crippen molar-refractivity contribution in [1.82, 2.24) is 10.2 Å². The third kappa shape index (κ3) is 4.89. The van der Waals surface area contributed by atoms with Crippen LogP contribution in [0.3, 0.4) is 0 Å². The number of nitrogens with zero attached hydrogens (tertiary/aromatic N) is 3. The summed E-state index contributed by atoms with van der Waals surface area (Å²) in [5.74, 6) is 3.25. The van der Waals surface area contributed by atoms with Gasteiger partial charge in [0.25, 0.3) is 0 Å². The number of nitriles is 2. The van der Waals surface area contributed by atoms with E-state index >= 15 is 0 Å². The van der Waals surface area contributed by atoms with Crippen molar-refractivity contribution in [2.24, 2.45) is 0 Å². The molecular weight excluding hydrogens is 364 g/mol. The van der Waals surface area contributed by atoms with Crippen LogP contribution in [0.2, 0.25) is 0 Å². The van der Waals surface area contributed by atoms with Gasteiger partial charge in [0.15, 0.2) is 0 Å². The van der Waals surface area contributed by atoms with Gasteiger partial charge >= 0.3 is 0 Å². The number of hydrogen-bond donors (Lipinski definition) is 1. The first-order valence-electron chi connectivity index (χ1n) is 10.1. The number of likely N-dealkylation sites (tertiary alicyclic amines) is 1.